The third-order valence-corrected chi connectivity index (χ3v) is 4.76. The molecule has 25 heavy (non-hydrogen) atoms. The van der Waals surface area contributed by atoms with Crippen LogP contribution in [-0.4, -0.2) is 66.4 Å². The van der Waals surface area contributed by atoms with Crippen molar-refractivity contribution in [2.75, 3.05) is 18.0 Å². The maximum absolute atomic E-state index is 11.9. The molecule has 1 saturated heterocycles. The van der Waals surface area contributed by atoms with Gasteiger partial charge in [-0.1, -0.05) is 0 Å². The van der Waals surface area contributed by atoms with Crippen molar-refractivity contribution in [2.24, 2.45) is 0 Å². The zero-order valence-electron chi connectivity index (χ0n) is 13.7. The van der Waals surface area contributed by atoms with Gasteiger partial charge in [0.2, 0.25) is 5.91 Å². The Labute approximate surface area is 144 Å². The SMILES string of the molecule is O=C(Cn1ncnn1)NC1CC(c2cc(N3CC[C@@H](O)C3)ncn2)C1. The summed E-state index contributed by atoms with van der Waals surface area (Å²) >= 11 is 0. The van der Waals surface area contributed by atoms with Gasteiger partial charge < -0.3 is 15.3 Å². The number of carbonyl (C=O) groups is 1. The third-order valence-electron chi connectivity index (χ3n) is 4.76. The van der Waals surface area contributed by atoms with Crippen molar-refractivity contribution in [1.82, 2.24) is 35.5 Å². The van der Waals surface area contributed by atoms with E-state index in [1.54, 1.807) is 6.33 Å². The lowest BCUT2D eigenvalue weighted by Crippen LogP contribution is -2.45. The molecular weight excluding hydrogens is 324 g/mol. The lowest BCUT2D eigenvalue weighted by Gasteiger charge is -2.35. The molecule has 1 saturated carbocycles. The predicted molar refractivity (Wildman–Crippen MR) is 86.6 cm³/mol. The first kappa shape index (κ1) is 15.9. The van der Waals surface area contributed by atoms with E-state index in [2.05, 4.69) is 35.6 Å². The standard InChI is InChI=1S/C15H20N8O2/c24-12-1-2-22(6-12)14-5-13(16-8-17-14)10-3-11(4-10)20-15(25)7-23-19-9-18-21-23/h5,8-12,24H,1-4,6-7H2,(H,20,25)/t10?,11?,12-/m1/s1. The molecule has 1 aliphatic heterocycles. The third kappa shape index (κ3) is 3.58. The Morgan fingerprint density at radius 3 is 2.92 bits per heavy atom. The maximum Gasteiger partial charge on any atom is 0.243 e. The van der Waals surface area contributed by atoms with Crippen molar-refractivity contribution in [3.05, 3.63) is 24.4 Å². The lowest BCUT2D eigenvalue weighted by atomic mass is 9.78. The molecule has 1 amide bonds. The fourth-order valence-corrected chi connectivity index (χ4v) is 3.35. The van der Waals surface area contributed by atoms with Crippen LogP contribution in [0.3, 0.4) is 0 Å². The molecule has 3 heterocycles. The minimum Gasteiger partial charge on any atom is -0.391 e. The van der Waals surface area contributed by atoms with Crippen LogP contribution in [0, 0.1) is 0 Å². The van der Waals surface area contributed by atoms with Crippen molar-refractivity contribution in [2.45, 2.75) is 43.9 Å². The number of carbonyl (C=O) groups excluding carboxylic acids is 1. The second kappa shape index (κ2) is 6.71. The summed E-state index contributed by atoms with van der Waals surface area (Å²) in [6.45, 7) is 1.52. The van der Waals surface area contributed by atoms with E-state index >= 15 is 0 Å². The first-order valence-corrected chi connectivity index (χ1v) is 8.42. The highest BCUT2D eigenvalue weighted by Crippen LogP contribution is 2.36. The van der Waals surface area contributed by atoms with Gasteiger partial charge in [0.25, 0.3) is 0 Å². The van der Waals surface area contributed by atoms with Crippen LogP contribution >= 0.6 is 0 Å². The number of hydrogen-bond acceptors (Lipinski definition) is 8. The fraction of sp³-hybridized carbons (Fsp3) is 0.600. The molecule has 2 fully saturated rings. The first-order valence-electron chi connectivity index (χ1n) is 8.42. The molecule has 0 aromatic carbocycles. The van der Waals surface area contributed by atoms with Crippen LogP contribution in [0.1, 0.15) is 30.9 Å². The van der Waals surface area contributed by atoms with Crippen LogP contribution in [-0.2, 0) is 11.3 Å². The van der Waals surface area contributed by atoms with Crippen LogP contribution in [0.4, 0.5) is 5.82 Å². The van der Waals surface area contributed by atoms with E-state index in [-0.39, 0.29) is 24.6 Å². The van der Waals surface area contributed by atoms with Gasteiger partial charge in [-0.25, -0.2) is 9.97 Å². The average Bonchev–Trinajstić information content (AvgIpc) is 3.22. The van der Waals surface area contributed by atoms with Gasteiger partial charge in [0.1, 0.15) is 18.7 Å². The minimum atomic E-state index is -0.277. The van der Waals surface area contributed by atoms with Gasteiger partial charge in [0.05, 0.1) is 6.10 Å². The van der Waals surface area contributed by atoms with Crippen molar-refractivity contribution < 1.29 is 9.90 Å². The highest BCUT2D eigenvalue weighted by molar-refractivity contribution is 5.76. The van der Waals surface area contributed by atoms with Crippen molar-refractivity contribution in [1.29, 1.82) is 0 Å². The van der Waals surface area contributed by atoms with Crippen molar-refractivity contribution >= 4 is 11.7 Å². The second-order valence-corrected chi connectivity index (χ2v) is 6.59. The molecule has 10 nitrogen and oxygen atoms in total. The monoisotopic (exact) mass is 344 g/mol. The number of hydrogen-bond donors (Lipinski definition) is 2. The highest BCUT2D eigenvalue weighted by atomic mass is 16.3. The van der Waals surface area contributed by atoms with E-state index in [4.69, 9.17) is 0 Å². The summed E-state index contributed by atoms with van der Waals surface area (Å²) < 4.78 is 0. The van der Waals surface area contributed by atoms with Crippen LogP contribution in [0.2, 0.25) is 0 Å². The number of nitrogens with zero attached hydrogens (tertiary/aromatic N) is 7. The molecule has 0 spiro atoms. The quantitative estimate of drug-likeness (QED) is 0.715. The Balaban J connectivity index is 1.29. The van der Waals surface area contributed by atoms with Crippen molar-refractivity contribution in [3.8, 4) is 0 Å². The molecule has 4 rings (SSSR count). The Kier molecular flexibility index (Phi) is 4.26. The number of aliphatic hydroxyl groups is 1. The molecule has 10 heteroatoms. The van der Waals surface area contributed by atoms with Gasteiger partial charge in [0.15, 0.2) is 6.33 Å². The molecule has 1 aliphatic carbocycles. The van der Waals surface area contributed by atoms with E-state index in [0.29, 0.717) is 12.5 Å². The van der Waals surface area contributed by atoms with Gasteiger partial charge in [-0.05, 0) is 24.5 Å². The minimum absolute atomic E-state index is 0.0795. The Bertz CT molecular complexity index is 731. The summed E-state index contributed by atoms with van der Waals surface area (Å²) in [6.07, 6.45) is 5.10. The molecule has 2 N–H and O–H groups in total. The van der Waals surface area contributed by atoms with E-state index < -0.39 is 0 Å². The zero-order chi connectivity index (χ0) is 17.2. The molecule has 2 aromatic heterocycles. The number of aliphatic hydroxyl groups excluding tert-OH is 1. The number of rotatable bonds is 5. The summed E-state index contributed by atoms with van der Waals surface area (Å²) in [4.78, 5) is 24.0. The number of amides is 1. The number of β-amino-alcohol motifs (C(OH)–C–C–N with tert-alkyl or cyclic N) is 1. The van der Waals surface area contributed by atoms with Gasteiger partial charge in [0, 0.05) is 36.8 Å². The molecule has 0 bridgehead atoms. The first-order chi connectivity index (χ1) is 12.2. The topological polar surface area (TPSA) is 122 Å². The van der Waals surface area contributed by atoms with E-state index in [1.165, 1.54) is 11.1 Å². The lowest BCUT2D eigenvalue weighted by molar-refractivity contribution is -0.123. The summed E-state index contributed by atoms with van der Waals surface area (Å²) in [5, 5.41) is 23.7. The van der Waals surface area contributed by atoms with E-state index in [0.717, 1.165) is 37.3 Å². The summed E-state index contributed by atoms with van der Waals surface area (Å²) in [7, 11) is 0. The molecular formula is C15H20N8O2. The molecule has 0 radical (unpaired) electrons. The predicted octanol–water partition coefficient (Wildman–Crippen LogP) is -0.903. The fourth-order valence-electron chi connectivity index (χ4n) is 3.35. The second-order valence-electron chi connectivity index (χ2n) is 6.59. The molecule has 0 unspecified atom stereocenters. The molecule has 132 valence electrons. The van der Waals surface area contributed by atoms with Crippen LogP contribution in [0.15, 0.2) is 18.7 Å². The van der Waals surface area contributed by atoms with Crippen LogP contribution < -0.4 is 10.2 Å². The summed E-state index contributed by atoms with van der Waals surface area (Å²) in [5.41, 5.74) is 0.995. The number of tetrazole rings is 1. The van der Waals surface area contributed by atoms with Crippen LogP contribution in [0.5, 0.6) is 0 Å². The van der Waals surface area contributed by atoms with E-state index in [9.17, 15) is 9.90 Å². The Morgan fingerprint density at radius 1 is 1.32 bits per heavy atom. The van der Waals surface area contributed by atoms with Gasteiger partial charge in [-0.3, -0.25) is 4.79 Å². The highest BCUT2D eigenvalue weighted by Gasteiger charge is 2.33. The Morgan fingerprint density at radius 2 is 2.20 bits per heavy atom. The smallest absolute Gasteiger partial charge is 0.243 e. The van der Waals surface area contributed by atoms with Gasteiger partial charge >= 0.3 is 0 Å². The van der Waals surface area contributed by atoms with Crippen LogP contribution in [0.25, 0.3) is 0 Å². The zero-order valence-corrected chi connectivity index (χ0v) is 13.7. The number of anilines is 1. The maximum atomic E-state index is 11.9. The van der Waals surface area contributed by atoms with Crippen molar-refractivity contribution in [3.63, 3.8) is 0 Å². The molecule has 1 atom stereocenters. The van der Waals surface area contributed by atoms with Gasteiger partial charge in [-0.15, -0.1) is 10.2 Å². The molecule has 2 aromatic rings. The normalized spacial score (nSPS) is 25.6. The summed E-state index contributed by atoms with van der Waals surface area (Å²) in [6, 6.07) is 2.15. The number of aromatic nitrogens is 6. The Hall–Kier alpha value is -2.62. The molecule has 2 aliphatic rings. The van der Waals surface area contributed by atoms with Gasteiger partial charge in [-0.2, -0.15) is 4.80 Å². The van der Waals surface area contributed by atoms with E-state index in [1.807, 2.05) is 6.07 Å². The summed E-state index contributed by atoms with van der Waals surface area (Å²) in [5.74, 6) is 1.08. The largest absolute Gasteiger partial charge is 0.391 e. The average molecular weight is 344 g/mol. The number of nitrogens with one attached hydrogen (secondary N) is 1.